The molecule has 1 heterocycles. The number of aromatic nitrogens is 1. The Kier molecular flexibility index (Phi) is 4.14. The monoisotopic (exact) mass is 371 g/mol. The van der Waals surface area contributed by atoms with Crippen LogP contribution in [-0.4, -0.2) is 18.1 Å². The Balaban J connectivity index is 2.66. The van der Waals surface area contributed by atoms with Gasteiger partial charge in [-0.2, -0.15) is 0 Å². The van der Waals surface area contributed by atoms with Gasteiger partial charge in [-0.15, -0.1) is 0 Å². The number of pyridine rings is 1. The summed E-state index contributed by atoms with van der Waals surface area (Å²) in [4.78, 5) is 15.7. The Hall–Kier alpha value is -1.50. The van der Waals surface area contributed by atoms with E-state index in [1.54, 1.807) is 31.2 Å². The average molecular weight is 371 g/mol. The highest BCUT2D eigenvalue weighted by atomic mass is 127. The molecule has 19 heavy (non-hydrogen) atoms. The highest BCUT2D eigenvalue weighted by Gasteiger charge is 2.17. The van der Waals surface area contributed by atoms with Gasteiger partial charge in [0, 0.05) is 15.3 Å². The zero-order chi connectivity index (χ0) is 14.0. The molecule has 0 amide bonds. The molecule has 0 aliphatic heterocycles. The smallest absolute Gasteiger partial charge is 0.357 e. The van der Waals surface area contributed by atoms with Gasteiger partial charge in [0.05, 0.1) is 7.11 Å². The normalized spacial score (nSPS) is 10.3. The molecule has 1 aromatic heterocycles. The predicted octanol–water partition coefficient (Wildman–Crippen LogP) is 3.59. The summed E-state index contributed by atoms with van der Waals surface area (Å²) in [6.07, 6.45) is 1.51. The maximum Gasteiger partial charge on any atom is 0.357 e. The molecule has 0 bridgehead atoms. The molecule has 1 aromatic carbocycles. The largest absolute Gasteiger partial charge is 0.464 e. The topological polar surface area (TPSA) is 39.2 Å². The Morgan fingerprint density at radius 1 is 1.32 bits per heavy atom. The molecule has 3 nitrogen and oxygen atoms in total. The lowest BCUT2D eigenvalue weighted by atomic mass is 9.99. The van der Waals surface area contributed by atoms with Gasteiger partial charge in [0.1, 0.15) is 5.82 Å². The third-order valence-electron chi connectivity index (χ3n) is 2.82. The number of rotatable bonds is 2. The van der Waals surface area contributed by atoms with E-state index in [-0.39, 0.29) is 11.5 Å². The number of hydrogen-bond acceptors (Lipinski definition) is 3. The van der Waals surface area contributed by atoms with Crippen LogP contribution >= 0.6 is 22.6 Å². The van der Waals surface area contributed by atoms with Gasteiger partial charge in [0.2, 0.25) is 0 Å². The number of methoxy groups -OCH3 is 1. The van der Waals surface area contributed by atoms with E-state index in [1.807, 2.05) is 22.6 Å². The second kappa shape index (κ2) is 5.64. The Morgan fingerprint density at radius 3 is 2.74 bits per heavy atom. The van der Waals surface area contributed by atoms with Crippen molar-refractivity contribution < 1.29 is 13.9 Å². The summed E-state index contributed by atoms with van der Waals surface area (Å²) in [7, 11) is 1.29. The number of halogens is 2. The fourth-order valence-electron chi connectivity index (χ4n) is 1.83. The third-order valence-corrected chi connectivity index (χ3v) is 3.65. The standard InChI is InChI=1S/C14H11FINO2/c1-8-9(5-6-11(16)12(8)15)10-4-3-7-17-13(10)14(18)19-2/h3-7H,1-2H3. The van der Waals surface area contributed by atoms with Gasteiger partial charge < -0.3 is 4.74 Å². The molecule has 98 valence electrons. The summed E-state index contributed by atoms with van der Waals surface area (Å²) in [5.74, 6) is -0.813. The van der Waals surface area contributed by atoms with Crippen molar-refractivity contribution in [3.63, 3.8) is 0 Å². The van der Waals surface area contributed by atoms with Gasteiger partial charge in [-0.3, -0.25) is 0 Å². The lowest BCUT2D eigenvalue weighted by Gasteiger charge is -2.11. The van der Waals surface area contributed by atoms with E-state index in [1.165, 1.54) is 13.3 Å². The molecule has 0 radical (unpaired) electrons. The first kappa shape index (κ1) is 13.9. The molecule has 0 aliphatic carbocycles. The van der Waals surface area contributed by atoms with Gasteiger partial charge in [0.25, 0.3) is 0 Å². The lowest BCUT2D eigenvalue weighted by molar-refractivity contribution is 0.0595. The Labute approximate surface area is 124 Å². The van der Waals surface area contributed by atoms with Crippen LogP contribution in [0.3, 0.4) is 0 Å². The number of esters is 1. The maximum atomic E-state index is 13.9. The van der Waals surface area contributed by atoms with Gasteiger partial charge >= 0.3 is 5.97 Å². The summed E-state index contributed by atoms with van der Waals surface area (Å²) in [5.41, 5.74) is 1.90. The number of hydrogen-bond donors (Lipinski definition) is 0. The van der Waals surface area contributed by atoms with E-state index in [0.717, 1.165) is 0 Å². The SMILES string of the molecule is COC(=O)c1ncccc1-c1ccc(I)c(F)c1C. The molecule has 0 fully saturated rings. The first-order chi connectivity index (χ1) is 9.06. The fraction of sp³-hybridized carbons (Fsp3) is 0.143. The van der Waals surface area contributed by atoms with Crippen LogP contribution in [-0.2, 0) is 4.74 Å². The van der Waals surface area contributed by atoms with Gasteiger partial charge in [-0.25, -0.2) is 14.2 Å². The van der Waals surface area contributed by atoms with Crippen LogP contribution in [0, 0.1) is 16.3 Å². The highest BCUT2D eigenvalue weighted by molar-refractivity contribution is 14.1. The number of nitrogens with zero attached hydrogens (tertiary/aromatic N) is 1. The number of carbonyl (C=O) groups is 1. The number of benzene rings is 1. The van der Waals surface area contributed by atoms with Crippen molar-refractivity contribution in [3.05, 3.63) is 51.1 Å². The van der Waals surface area contributed by atoms with Crippen molar-refractivity contribution >= 4 is 28.6 Å². The van der Waals surface area contributed by atoms with E-state index in [9.17, 15) is 9.18 Å². The van der Waals surface area contributed by atoms with Crippen LogP contribution in [0.25, 0.3) is 11.1 Å². The minimum atomic E-state index is -0.533. The van der Waals surface area contributed by atoms with E-state index >= 15 is 0 Å². The predicted molar refractivity (Wildman–Crippen MR) is 78.4 cm³/mol. The quantitative estimate of drug-likeness (QED) is 0.599. The first-order valence-corrected chi connectivity index (χ1v) is 6.62. The van der Waals surface area contributed by atoms with E-state index < -0.39 is 5.97 Å². The molecule has 2 rings (SSSR count). The Morgan fingerprint density at radius 2 is 2.05 bits per heavy atom. The van der Waals surface area contributed by atoms with Gasteiger partial charge in [0.15, 0.2) is 5.69 Å². The van der Waals surface area contributed by atoms with Crippen molar-refractivity contribution in [3.8, 4) is 11.1 Å². The minimum absolute atomic E-state index is 0.189. The van der Waals surface area contributed by atoms with E-state index in [0.29, 0.717) is 20.3 Å². The highest BCUT2D eigenvalue weighted by Crippen LogP contribution is 2.29. The van der Waals surface area contributed by atoms with Crippen molar-refractivity contribution in [1.82, 2.24) is 4.98 Å². The Bertz CT molecular complexity index is 643. The average Bonchev–Trinajstić information content (AvgIpc) is 2.44. The van der Waals surface area contributed by atoms with Crippen molar-refractivity contribution in [2.45, 2.75) is 6.92 Å². The minimum Gasteiger partial charge on any atom is -0.464 e. The summed E-state index contributed by atoms with van der Waals surface area (Å²) >= 11 is 1.93. The molecule has 5 heteroatoms. The molecular weight excluding hydrogens is 360 g/mol. The number of ether oxygens (including phenoxy) is 1. The molecular formula is C14H11FINO2. The molecule has 0 unspecified atom stereocenters. The molecule has 0 saturated carbocycles. The molecule has 0 saturated heterocycles. The fourth-order valence-corrected chi connectivity index (χ4v) is 2.41. The third kappa shape index (κ3) is 2.60. The van der Waals surface area contributed by atoms with Crippen molar-refractivity contribution in [2.24, 2.45) is 0 Å². The van der Waals surface area contributed by atoms with Crippen LogP contribution in [0.1, 0.15) is 16.1 Å². The molecule has 0 atom stereocenters. The maximum absolute atomic E-state index is 13.9. The first-order valence-electron chi connectivity index (χ1n) is 5.54. The second-order valence-electron chi connectivity index (χ2n) is 3.93. The molecule has 0 aliphatic rings. The van der Waals surface area contributed by atoms with Crippen LogP contribution in [0.2, 0.25) is 0 Å². The van der Waals surface area contributed by atoms with Crippen LogP contribution in [0.4, 0.5) is 4.39 Å². The van der Waals surface area contributed by atoms with E-state index in [2.05, 4.69) is 4.98 Å². The van der Waals surface area contributed by atoms with Gasteiger partial charge in [-0.05, 0) is 52.8 Å². The summed E-state index contributed by atoms with van der Waals surface area (Å²) in [5, 5.41) is 0. The van der Waals surface area contributed by atoms with E-state index in [4.69, 9.17) is 4.74 Å². The van der Waals surface area contributed by atoms with Crippen LogP contribution in [0.15, 0.2) is 30.5 Å². The zero-order valence-corrected chi connectivity index (χ0v) is 12.6. The summed E-state index contributed by atoms with van der Waals surface area (Å²) < 4.78 is 19.2. The zero-order valence-electron chi connectivity index (χ0n) is 10.4. The van der Waals surface area contributed by atoms with Crippen LogP contribution in [0.5, 0.6) is 0 Å². The van der Waals surface area contributed by atoms with Crippen molar-refractivity contribution in [1.29, 1.82) is 0 Å². The summed E-state index contributed by atoms with van der Waals surface area (Å²) in [6.45, 7) is 1.68. The number of carbonyl (C=O) groups excluding carboxylic acids is 1. The lowest BCUT2D eigenvalue weighted by Crippen LogP contribution is -2.07. The molecule has 0 spiro atoms. The summed E-state index contributed by atoms with van der Waals surface area (Å²) in [6, 6.07) is 6.89. The molecule has 0 N–H and O–H groups in total. The van der Waals surface area contributed by atoms with Gasteiger partial charge in [-0.1, -0.05) is 12.1 Å². The second-order valence-corrected chi connectivity index (χ2v) is 5.09. The van der Waals surface area contributed by atoms with Crippen molar-refractivity contribution in [2.75, 3.05) is 7.11 Å². The molecule has 2 aromatic rings. The van der Waals surface area contributed by atoms with Crippen LogP contribution < -0.4 is 0 Å².